The van der Waals surface area contributed by atoms with Gasteiger partial charge in [0.05, 0.1) is 17.5 Å². The zero-order valence-electron chi connectivity index (χ0n) is 16.6. The lowest BCUT2D eigenvalue weighted by Crippen LogP contribution is -2.33. The quantitative estimate of drug-likeness (QED) is 0.624. The summed E-state index contributed by atoms with van der Waals surface area (Å²) in [5, 5.41) is 4.40. The molecule has 146 valence electrons. The van der Waals surface area contributed by atoms with Crippen LogP contribution in [0.25, 0.3) is 17.4 Å². The van der Waals surface area contributed by atoms with E-state index in [9.17, 15) is 4.79 Å². The molecule has 0 atom stereocenters. The van der Waals surface area contributed by atoms with E-state index >= 15 is 0 Å². The Morgan fingerprint density at radius 3 is 2.79 bits per heavy atom. The molecule has 3 aromatic rings. The van der Waals surface area contributed by atoms with Crippen molar-refractivity contribution in [2.75, 3.05) is 13.1 Å². The summed E-state index contributed by atoms with van der Waals surface area (Å²) in [5.74, 6) is 2.62. The van der Waals surface area contributed by atoms with Crippen LogP contribution in [-0.4, -0.2) is 43.6 Å². The Morgan fingerprint density at radius 2 is 2.11 bits per heavy atom. The summed E-state index contributed by atoms with van der Waals surface area (Å²) in [4.78, 5) is 23.9. The maximum absolute atomic E-state index is 13.1. The molecule has 0 saturated heterocycles. The first kappa shape index (κ1) is 18.4. The molecule has 1 amide bonds. The highest BCUT2D eigenvalue weighted by atomic mass is 16.3. The largest absolute Gasteiger partial charge is 0.460 e. The van der Waals surface area contributed by atoms with Gasteiger partial charge in [-0.15, -0.1) is 0 Å². The molecule has 7 nitrogen and oxygen atoms in total. The van der Waals surface area contributed by atoms with E-state index in [-0.39, 0.29) is 5.91 Å². The first-order valence-corrected chi connectivity index (χ1v) is 9.81. The highest BCUT2D eigenvalue weighted by Gasteiger charge is 2.28. The third-order valence-corrected chi connectivity index (χ3v) is 5.02. The van der Waals surface area contributed by atoms with Crippen molar-refractivity contribution >= 4 is 5.91 Å². The first-order valence-electron chi connectivity index (χ1n) is 9.81. The molecule has 3 heterocycles. The predicted octanol–water partition coefficient (Wildman–Crippen LogP) is 3.80. The summed E-state index contributed by atoms with van der Waals surface area (Å²) in [6.45, 7) is 7.48. The van der Waals surface area contributed by atoms with Gasteiger partial charge >= 0.3 is 0 Å². The van der Waals surface area contributed by atoms with Crippen molar-refractivity contribution in [1.82, 2.24) is 24.6 Å². The van der Waals surface area contributed by atoms with Crippen LogP contribution in [0.15, 0.2) is 35.0 Å². The highest BCUT2D eigenvalue weighted by Crippen LogP contribution is 2.30. The van der Waals surface area contributed by atoms with Crippen LogP contribution in [0, 0.1) is 19.8 Å². The number of aryl methyl sites for hydroxylation is 1. The summed E-state index contributed by atoms with van der Waals surface area (Å²) in [6, 6.07) is 5.58. The van der Waals surface area contributed by atoms with Crippen LogP contribution in [0.1, 0.15) is 48.0 Å². The number of aromatic nitrogens is 4. The first-order chi connectivity index (χ1) is 13.6. The predicted molar refractivity (Wildman–Crippen MR) is 105 cm³/mol. The van der Waals surface area contributed by atoms with Gasteiger partial charge in [0.15, 0.2) is 5.76 Å². The summed E-state index contributed by atoms with van der Waals surface area (Å²) in [5.41, 5.74) is 2.04. The van der Waals surface area contributed by atoms with Crippen LogP contribution in [-0.2, 0) is 0 Å². The number of carbonyl (C=O) groups is 1. The minimum absolute atomic E-state index is 0.0373. The molecule has 28 heavy (non-hydrogen) atoms. The number of hydrogen-bond acceptors (Lipinski definition) is 5. The van der Waals surface area contributed by atoms with E-state index in [4.69, 9.17) is 4.42 Å². The monoisotopic (exact) mass is 379 g/mol. The molecule has 0 aliphatic heterocycles. The van der Waals surface area contributed by atoms with E-state index in [2.05, 4.69) is 22.0 Å². The van der Waals surface area contributed by atoms with Crippen LogP contribution < -0.4 is 0 Å². The van der Waals surface area contributed by atoms with E-state index in [0.717, 1.165) is 31.0 Å². The Morgan fingerprint density at radius 1 is 1.29 bits per heavy atom. The topological polar surface area (TPSA) is 77.0 Å². The van der Waals surface area contributed by atoms with E-state index < -0.39 is 0 Å². The molecule has 3 aromatic heterocycles. The standard InChI is InChI=1S/C21H25N5O2/c1-4-11-25(13-16-6-7-16)20(27)17-12-23-26(15(17)3)21-22-10-9-18(24-21)19-8-5-14(2)28-19/h5,8-10,12,16H,4,6-7,11,13H2,1-3H3. The SMILES string of the molecule is CCCN(CC1CC1)C(=O)c1cnn(-c2nccc(-c3ccc(C)o3)n2)c1C. The fourth-order valence-corrected chi connectivity index (χ4v) is 3.31. The summed E-state index contributed by atoms with van der Waals surface area (Å²) in [7, 11) is 0. The van der Waals surface area contributed by atoms with Gasteiger partial charge in [-0.05, 0) is 57.2 Å². The van der Waals surface area contributed by atoms with E-state index in [1.54, 1.807) is 23.1 Å². The maximum Gasteiger partial charge on any atom is 0.257 e. The van der Waals surface area contributed by atoms with Gasteiger partial charge in [0.25, 0.3) is 11.9 Å². The lowest BCUT2D eigenvalue weighted by molar-refractivity contribution is 0.0747. The average Bonchev–Trinajstić information content (AvgIpc) is 3.27. The average molecular weight is 379 g/mol. The fourth-order valence-electron chi connectivity index (χ4n) is 3.31. The zero-order chi connectivity index (χ0) is 19.7. The molecular weight excluding hydrogens is 354 g/mol. The lowest BCUT2D eigenvalue weighted by Gasteiger charge is -2.21. The Labute approximate surface area is 164 Å². The van der Waals surface area contributed by atoms with Gasteiger partial charge in [-0.3, -0.25) is 4.79 Å². The number of rotatable bonds is 7. The van der Waals surface area contributed by atoms with Gasteiger partial charge in [0.1, 0.15) is 11.5 Å². The second-order valence-electron chi connectivity index (χ2n) is 7.40. The fraction of sp³-hybridized carbons (Fsp3) is 0.429. The number of hydrogen-bond donors (Lipinski definition) is 0. The second kappa shape index (κ2) is 7.58. The smallest absolute Gasteiger partial charge is 0.257 e. The Bertz CT molecular complexity index is 986. The second-order valence-corrected chi connectivity index (χ2v) is 7.40. The third kappa shape index (κ3) is 3.69. The van der Waals surface area contributed by atoms with E-state index in [1.807, 2.05) is 30.9 Å². The van der Waals surface area contributed by atoms with Crippen LogP contribution in [0.3, 0.4) is 0 Å². The van der Waals surface area contributed by atoms with E-state index in [0.29, 0.717) is 28.9 Å². The van der Waals surface area contributed by atoms with Crippen LogP contribution >= 0.6 is 0 Å². The molecule has 1 aliphatic carbocycles. The molecule has 0 bridgehead atoms. The summed E-state index contributed by atoms with van der Waals surface area (Å²) in [6.07, 6.45) is 6.69. The third-order valence-electron chi connectivity index (χ3n) is 5.02. The van der Waals surface area contributed by atoms with Crippen molar-refractivity contribution in [2.45, 2.75) is 40.0 Å². The minimum Gasteiger partial charge on any atom is -0.460 e. The van der Waals surface area contributed by atoms with Crippen molar-refractivity contribution in [2.24, 2.45) is 5.92 Å². The Hall–Kier alpha value is -2.96. The molecule has 1 aliphatic rings. The lowest BCUT2D eigenvalue weighted by atomic mass is 10.2. The molecular formula is C21H25N5O2. The molecule has 0 radical (unpaired) electrons. The molecule has 1 saturated carbocycles. The van der Waals surface area contributed by atoms with Gasteiger partial charge in [0.2, 0.25) is 0 Å². The van der Waals surface area contributed by atoms with Crippen molar-refractivity contribution in [3.8, 4) is 17.4 Å². The maximum atomic E-state index is 13.1. The molecule has 0 aromatic carbocycles. The van der Waals surface area contributed by atoms with E-state index in [1.165, 1.54) is 12.8 Å². The van der Waals surface area contributed by atoms with Gasteiger partial charge in [-0.25, -0.2) is 14.6 Å². The summed E-state index contributed by atoms with van der Waals surface area (Å²) >= 11 is 0. The van der Waals surface area contributed by atoms with Crippen molar-refractivity contribution in [1.29, 1.82) is 0 Å². The van der Waals surface area contributed by atoms with Crippen LogP contribution in [0.4, 0.5) is 0 Å². The molecule has 1 fully saturated rings. The van der Waals surface area contributed by atoms with Crippen molar-refractivity contribution in [3.63, 3.8) is 0 Å². The summed E-state index contributed by atoms with van der Waals surface area (Å²) < 4.78 is 7.27. The highest BCUT2D eigenvalue weighted by molar-refractivity contribution is 5.95. The van der Waals surface area contributed by atoms with Crippen molar-refractivity contribution < 1.29 is 9.21 Å². The Balaban J connectivity index is 1.62. The molecule has 0 unspecified atom stereocenters. The van der Waals surface area contributed by atoms with Crippen LogP contribution in [0.5, 0.6) is 0 Å². The molecule has 0 N–H and O–H groups in total. The van der Waals surface area contributed by atoms with Gasteiger partial charge < -0.3 is 9.32 Å². The van der Waals surface area contributed by atoms with Gasteiger partial charge in [-0.1, -0.05) is 6.92 Å². The van der Waals surface area contributed by atoms with Gasteiger partial charge in [0, 0.05) is 19.3 Å². The zero-order valence-corrected chi connectivity index (χ0v) is 16.6. The number of carbonyl (C=O) groups excluding carboxylic acids is 1. The molecule has 7 heteroatoms. The van der Waals surface area contributed by atoms with Gasteiger partial charge in [-0.2, -0.15) is 5.10 Å². The molecule has 0 spiro atoms. The number of furan rings is 1. The minimum atomic E-state index is 0.0373. The normalized spacial score (nSPS) is 13.7. The number of nitrogens with zero attached hydrogens (tertiary/aromatic N) is 5. The number of amides is 1. The molecule has 4 rings (SSSR count). The van der Waals surface area contributed by atoms with Crippen molar-refractivity contribution in [3.05, 3.63) is 47.6 Å². The van der Waals surface area contributed by atoms with Crippen LogP contribution in [0.2, 0.25) is 0 Å². The Kier molecular flexibility index (Phi) is 4.98.